The van der Waals surface area contributed by atoms with Gasteiger partial charge in [-0.1, -0.05) is 65.0 Å². The molecule has 0 radical (unpaired) electrons. The fourth-order valence-corrected chi connectivity index (χ4v) is 3.32. The van der Waals surface area contributed by atoms with Gasteiger partial charge in [0.05, 0.1) is 31.5 Å². The number of benzene rings is 2. The number of rotatable bonds is 10. The van der Waals surface area contributed by atoms with E-state index in [2.05, 4.69) is 21.1 Å². The molecular weight excluding hydrogens is 506 g/mol. The number of hydrogen-bond acceptors (Lipinski definition) is 4. The largest absolute Gasteiger partial charge is 0.273 e. The second kappa shape index (κ2) is 13.6. The molecule has 176 valence electrons. The average molecular weight is 530 g/mol. The summed E-state index contributed by atoms with van der Waals surface area (Å²) in [4.78, 5) is 23.9. The topological polar surface area (TPSA) is 82.9 Å². The molecule has 0 saturated carbocycles. The summed E-state index contributed by atoms with van der Waals surface area (Å²) < 4.78 is 0. The van der Waals surface area contributed by atoms with Gasteiger partial charge in [-0.2, -0.15) is 10.2 Å². The molecule has 2 aromatic carbocycles. The third-order valence-electron chi connectivity index (χ3n) is 4.68. The molecule has 6 nitrogen and oxygen atoms in total. The SMILES string of the molecule is C/C(=N\NC(=O)CCCCCC(=O)N/N=C(\C)c1ccc(Cl)c(Cl)c1)c1ccc(Cl)c(Cl)c1. The second-order valence-electron chi connectivity index (χ2n) is 7.28. The maximum Gasteiger partial charge on any atom is 0.240 e. The molecule has 0 heterocycles. The van der Waals surface area contributed by atoms with Gasteiger partial charge in [-0.05, 0) is 62.1 Å². The van der Waals surface area contributed by atoms with Crippen LogP contribution in [0.25, 0.3) is 0 Å². The molecular formula is C23H24Cl4N4O2. The molecule has 2 aromatic rings. The average Bonchev–Trinajstić information content (AvgIpc) is 2.79. The van der Waals surface area contributed by atoms with Crippen LogP contribution >= 0.6 is 46.4 Å². The van der Waals surface area contributed by atoms with Crippen LogP contribution in [0.1, 0.15) is 57.1 Å². The summed E-state index contributed by atoms with van der Waals surface area (Å²) in [6.45, 7) is 3.54. The number of halogens is 4. The Morgan fingerprint density at radius 2 is 1.06 bits per heavy atom. The Balaban J connectivity index is 1.65. The normalized spacial score (nSPS) is 11.9. The molecule has 0 saturated heterocycles. The summed E-state index contributed by atoms with van der Waals surface area (Å²) in [5.74, 6) is -0.388. The standard InChI is InChI=1S/C23H24Cl4N4O2/c1-14(16-8-10-18(24)20(26)12-16)28-30-22(32)6-4-3-5-7-23(33)31-29-15(2)17-9-11-19(25)21(27)13-17/h8-13H,3-7H2,1-2H3,(H,30,32)(H,31,33)/b28-14+,29-15+. The smallest absolute Gasteiger partial charge is 0.240 e. The molecule has 0 aromatic heterocycles. The Hall–Kier alpha value is -2.12. The van der Waals surface area contributed by atoms with Crippen LogP contribution in [0.5, 0.6) is 0 Å². The van der Waals surface area contributed by atoms with Gasteiger partial charge < -0.3 is 0 Å². The van der Waals surface area contributed by atoms with Crippen LogP contribution in [0.4, 0.5) is 0 Å². The maximum absolute atomic E-state index is 12.0. The Morgan fingerprint density at radius 1 is 0.667 bits per heavy atom. The number of nitrogens with zero attached hydrogens (tertiary/aromatic N) is 2. The van der Waals surface area contributed by atoms with E-state index in [9.17, 15) is 9.59 Å². The maximum atomic E-state index is 12.0. The zero-order chi connectivity index (χ0) is 24.4. The van der Waals surface area contributed by atoms with E-state index in [0.717, 1.165) is 17.5 Å². The molecule has 0 atom stereocenters. The van der Waals surface area contributed by atoms with Crippen LogP contribution in [0.2, 0.25) is 20.1 Å². The molecule has 0 aliphatic carbocycles. The van der Waals surface area contributed by atoms with Gasteiger partial charge in [0.15, 0.2) is 0 Å². The van der Waals surface area contributed by atoms with Gasteiger partial charge in [0.1, 0.15) is 0 Å². The Morgan fingerprint density at radius 3 is 1.42 bits per heavy atom. The van der Waals surface area contributed by atoms with Crippen molar-refractivity contribution in [3.8, 4) is 0 Å². The lowest BCUT2D eigenvalue weighted by Crippen LogP contribution is -2.19. The van der Waals surface area contributed by atoms with E-state index in [1.165, 1.54) is 0 Å². The first-order valence-electron chi connectivity index (χ1n) is 10.2. The predicted octanol–water partition coefficient (Wildman–Crippen LogP) is 6.63. The van der Waals surface area contributed by atoms with E-state index in [1.807, 2.05) is 0 Å². The summed E-state index contributed by atoms with van der Waals surface area (Å²) in [6, 6.07) is 10.3. The fraction of sp³-hybridized carbons (Fsp3) is 0.304. The highest BCUT2D eigenvalue weighted by Gasteiger charge is 2.06. The van der Waals surface area contributed by atoms with Crippen molar-refractivity contribution in [3.63, 3.8) is 0 Å². The highest BCUT2D eigenvalue weighted by molar-refractivity contribution is 6.42. The Labute approximate surface area is 213 Å². The second-order valence-corrected chi connectivity index (χ2v) is 8.91. The molecule has 10 heteroatoms. The van der Waals surface area contributed by atoms with E-state index in [4.69, 9.17) is 46.4 Å². The number of carbonyl (C=O) groups is 2. The molecule has 2 amide bonds. The van der Waals surface area contributed by atoms with Crippen molar-refractivity contribution < 1.29 is 9.59 Å². The lowest BCUT2D eigenvalue weighted by Gasteiger charge is -2.05. The van der Waals surface area contributed by atoms with Crippen LogP contribution in [-0.2, 0) is 9.59 Å². The van der Waals surface area contributed by atoms with Crippen LogP contribution in [0, 0.1) is 0 Å². The number of hydrogen-bond donors (Lipinski definition) is 2. The predicted molar refractivity (Wildman–Crippen MR) is 137 cm³/mol. The number of carbonyl (C=O) groups excluding carboxylic acids is 2. The number of hydrazone groups is 2. The monoisotopic (exact) mass is 528 g/mol. The zero-order valence-electron chi connectivity index (χ0n) is 18.2. The first-order valence-corrected chi connectivity index (χ1v) is 11.8. The van der Waals surface area contributed by atoms with Crippen LogP contribution < -0.4 is 10.9 Å². The number of amides is 2. The molecule has 33 heavy (non-hydrogen) atoms. The summed E-state index contributed by atoms with van der Waals surface area (Å²) in [6.07, 6.45) is 2.65. The first kappa shape index (κ1) is 27.1. The van der Waals surface area contributed by atoms with Gasteiger partial charge in [-0.15, -0.1) is 0 Å². The zero-order valence-corrected chi connectivity index (χ0v) is 21.2. The van der Waals surface area contributed by atoms with Crippen molar-refractivity contribution in [1.29, 1.82) is 0 Å². The highest BCUT2D eigenvalue weighted by Crippen LogP contribution is 2.23. The summed E-state index contributed by atoms with van der Waals surface area (Å²) >= 11 is 23.8. The van der Waals surface area contributed by atoms with Gasteiger partial charge in [0.25, 0.3) is 0 Å². The Kier molecular flexibility index (Phi) is 11.1. The van der Waals surface area contributed by atoms with E-state index in [1.54, 1.807) is 50.2 Å². The van der Waals surface area contributed by atoms with Crippen LogP contribution in [-0.4, -0.2) is 23.2 Å². The quantitative estimate of drug-likeness (QED) is 0.205. The molecule has 2 N–H and O–H groups in total. The lowest BCUT2D eigenvalue weighted by atomic mass is 10.1. The lowest BCUT2D eigenvalue weighted by molar-refractivity contribution is -0.121. The molecule has 0 aliphatic heterocycles. The van der Waals surface area contributed by atoms with Crippen molar-refractivity contribution in [2.24, 2.45) is 10.2 Å². The summed E-state index contributed by atoms with van der Waals surface area (Å²) in [5, 5.41) is 9.94. The molecule has 0 unspecified atom stereocenters. The number of unbranched alkanes of at least 4 members (excludes halogenated alkanes) is 2. The molecule has 0 aliphatic rings. The van der Waals surface area contributed by atoms with Gasteiger partial charge in [0.2, 0.25) is 11.8 Å². The Bertz CT molecular complexity index is 987. The molecule has 0 bridgehead atoms. The molecule has 0 fully saturated rings. The fourth-order valence-electron chi connectivity index (χ4n) is 2.72. The van der Waals surface area contributed by atoms with Gasteiger partial charge in [-0.3, -0.25) is 9.59 Å². The van der Waals surface area contributed by atoms with Gasteiger partial charge in [-0.25, -0.2) is 10.9 Å². The summed E-state index contributed by atoms with van der Waals surface area (Å²) in [7, 11) is 0. The minimum absolute atomic E-state index is 0.194. The van der Waals surface area contributed by atoms with E-state index in [0.29, 0.717) is 57.2 Å². The van der Waals surface area contributed by atoms with E-state index >= 15 is 0 Å². The van der Waals surface area contributed by atoms with Gasteiger partial charge in [0, 0.05) is 12.8 Å². The summed E-state index contributed by atoms with van der Waals surface area (Å²) in [5.41, 5.74) is 7.84. The van der Waals surface area contributed by atoms with Crippen LogP contribution in [0.3, 0.4) is 0 Å². The van der Waals surface area contributed by atoms with Crippen molar-refractivity contribution in [3.05, 3.63) is 67.6 Å². The number of nitrogens with one attached hydrogen (secondary N) is 2. The third kappa shape index (κ3) is 9.33. The molecule has 2 rings (SSSR count). The third-order valence-corrected chi connectivity index (χ3v) is 6.16. The highest BCUT2D eigenvalue weighted by atomic mass is 35.5. The molecule has 0 spiro atoms. The minimum Gasteiger partial charge on any atom is -0.273 e. The van der Waals surface area contributed by atoms with Crippen molar-refractivity contribution in [2.45, 2.75) is 46.0 Å². The first-order chi connectivity index (χ1) is 15.7. The van der Waals surface area contributed by atoms with Crippen molar-refractivity contribution in [2.75, 3.05) is 0 Å². The minimum atomic E-state index is -0.194. The van der Waals surface area contributed by atoms with Gasteiger partial charge >= 0.3 is 0 Å². The van der Waals surface area contributed by atoms with Crippen LogP contribution in [0.15, 0.2) is 46.6 Å². The van der Waals surface area contributed by atoms with Crippen molar-refractivity contribution >= 4 is 69.6 Å². The van der Waals surface area contributed by atoms with E-state index < -0.39 is 0 Å². The van der Waals surface area contributed by atoms with Crippen molar-refractivity contribution in [1.82, 2.24) is 10.9 Å². The van der Waals surface area contributed by atoms with E-state index in [-0.39, 0.29) is 11.8 Å².